The van der Waals surface area contributed by atoms with Gasteiger partial charge in [-0.15, -0.1) is 0 Å². The fourth-order valence-electron chi connectivity index (χ4n) is 3.82. The number of amides is 1. The summed E-state index contributed by atoms with van der Waals surface area (Å²) < 4.78 is 0.967. The smallest absolute Gasteiger partial charge is 0.255 e. The van der Waals surface area contributed by atoms with Gasteiger partial charge < -0.3 is 4.90 Å². The highest BCUT2D eigenvalue weighted by atomic mass is 79.9. The van der Waals surface area contributed by atoms with Gasteiger partial charge in [-0.25, -0.2) is 0 Å². The van der Waals surface area contributed by atoms with Gasteiger partial charge >= 0.3 is 0 Å². The maximum atomic E-state index is 12.7. The fourth-order valence-corrected chi connectivity index (χ4v) is 4.31. The molecule has 0 unspecified atom stereocenters. The van der Waals surface area contributed by atoms with Crippen molar-refractivity contribution >= 4 is 32.7 Å². The number of benzene rings is 1. The number of carbonyl (C=O) groups is 1. The van der Waals surface area contributed by atoms with E-state index in [2.05, 4.69) is 20.9 Å². The predicted molar refractivity (Wildman–Crippen MR) is 86.2 cm³/mol. The highest BCUT2D eigenvalue weighted by Crippen LogP contribution is 2.38. The van der Waals surface area contributed by atoms with E-state index in [1.807, 2.05) is 29.2 Å². The largest absolute Gasteiger partial charge is 0.338 e. The lowest BCUT2D eigenvalue weighted by molar-refractivity contribution is 0.0780. The summed E-state index contributed by atoms with van der Waals surface area (Å²) in [5.74, 6) is 1.60. The van der Waals surface area contributed by atoms with Gasteiger partial charge in [-0.2, -0.15) is 0 Å². The van der Waals surface area contributed by atoms with E-state index in [-0.39, 0.29) is 5.91 Å². The number of hydrogen-bond acceptors (Lipinski definition) is 2. The molecule has 2 aromatic rings. The highest BCUT2D eigenvalue weighted by Gasteiger charge is 2.38. The zero-order valence-corrected chi connectivity index (χ0v) is 13.3. The van der Waals surface area contributed by atoms with Crippen molar-refractivity contribution in [2.75, 3.05) is 13.1 Å². The predicted octanol–water partition coefficient (Wildman–Crippen LogP) is 3.87. The second-order valence-corrected chi connectivity index (χ2v) is 7.05. The van der Waals surface area contributed by atoms with Gasteiger partial charge in [0.25, 0.3) is 5.91 Å². The van der Waals surface area contributed by atoms with Crippen LogP contribution >= 0.6 is 15.9 Å². The number of para-hydroxylation sites is 1. The van der Waals surface area contributed by atoms with E-state index in [9.17, 15) is 4.79 Å². The van der Waals surface area contributed by atoms with Gasteiger partial charge in [0.15, 0.2) is 0 Å². The molecule has 108 valence electrons. The quantitative estimate of drug-likeness (QED) is 0.786. The van der Waals surface area contributed by atoms with Gasteiger partial charge in [-0.3, -0.25) is 9.78 Å². The Morgan fingerprint density at radius 3 is 2.76 bits per heavy atom. The van der Waals surface area contributed by atoms with Gasteiger partial charge in [-0.1, -0.05) is 18.6 Å². The lowest BCUT2D eigenvalue weighted by Gasteiger charge is -2.17. The molecule has 4 rings (SSSR count). The van der Waals surface area contributed by atoms with Crippen LogP contribution in [0.1, 0.15) is 29.6 Å². The molecular weight excluding hydrogens is 328 g/mol. The Balaban J connectivity index is 1.63. The van der Waals surface area contributed by atoms with Crippen molar-refractivity contribution < 1.29 is 4.79 Å². The maximum Gasteiger partial charge on any atom is 0.255 e. The number of carbonyl (C=O) groups excluding carboxylic acids is 1. The van der Waals surface area contributed by atoms with Gasteiger partial charge in [0.1, 0.15) is 0 Å². The normalized spacial score (nSPS) is 24.5. The van der Waals surface area contributed by atoms with Gasteiger partial charge in [-0.05, 0) is 52.7 Å². The van der Waals surface area contributed by atoms with Crippen LogP contribution in [0.5, 0.6) is 0 Å². The average molecular weight is 345 g/mol. The molecule has 1 aliphatic heterocycles. The minimum Gasteiger partial charge on any atom is -0.338 e. The summed E-state index contributed by atoms with van der Waals surface area (Å²) >= 11 is 3.50. The van der Waals surface area contributed by atoms with Crippen LogP contribution in [0, 0.1) is 11.8 Å². The molecular formula is C17H17BrN2O. The number of rotatable bonds is 1. The summed E-state index contributed by atoms with van der Waals surface area (Å²) in [6, 6.07) is 7.91. The summed E-state index contributed by atoms with van der Waals surface area (Å²) in [6.07, 6.45) is 5.63. The maximum absolute atomic E-state index is 12.7. The molecule has 21 heavy (non-hydrogen) atoms. The Bertz CT molecular complexity index is 703. The van der Waals surface area contributed by atoms with E-state index in [1.54, 1.807) is 6.20 Å². The van der Waals surface area contributed by atoms with Crippen LogP contribution in [0.25, 0.3) is 10.9 Å². The molecule has 1 saturated heterocycles. The van der Waals surface area contributed by atoms with Gasteiger partial charge in [0.2, 0.25) is 0 Å². The minimum atomic E-state index is 0.138. The second-order valence-electron chi connectivity index (χ2n) is 6.20. The van der Waals surface area contributed by atoms with E-state index in [0.29, 0.717) is 5.56 Å². The third-order valence-corrected chi connectivity index (χ3v) is 5.56. The van der Waals surface area contributed by atoms with Crippen molar-refractivity contribution in [1.82, 2.24) is 9.88 Å². The third kappa shape index (κ3) is 2.26. The lowest BCUT2D eigenvalue weighted by Crippen LogP contribution is -2.29. The SMILES string of the molecule is O=C(c1cnc2c(Br)cccc2c1)N1C[C@H]2CCC[C@H]2C1. The molecule has 2 fully saturated rings. The number of hydrogen-bond donors (Lipinski definition) is 0. The molecule has 0 N–H and O–H groups in total. The van der Waals surface area contributed by atoms with Crippen LogP contribution in [0.15, 0.2) is 34.9 Å². The Labute approximate surface area is 132 Å². The Morgan fingerprint density at radius 1 is 1.24 bits per heavy atom. The van der Waals surface area contributed by atoms with E-state index in [1.165, 1.54) is 19.3 Å². The van der Waals surface area contributed by atoms with Crippen molar-refractivity contribution in [3.8, 4) is 0 Å². The van der Waals surface area contributed by atoms with Crippen molar-refractivity contribution in [2.45, 2.75) is 19.3 Å². The first-order valence-corrected chi connectivity index (χ1v) is 8.35. The first kappa shape index (κ1) is 13.3. The molecule has 0 spiro atoms. The molecule has 3 nitrogen and oxygen atoms in total. The summed E-state index contributed by atoms with van der Waals surface area (Å²) in [5, 5.41) is 1.01. The minimum absolute atomic E-state index is 0.138. The summed E-state index contributed by atoms with van der Waals surface area (Å²) in [5.41, 5.74) is 1.62. The first-order valence-electron chi connectivity index (χ1n) is 7.56. The zero-order chi connectivity index (χ0) is 14.4. The molecule has 4 heteroatoms. The van der Waals surface area contributed by atoms with E-state index >= 15 is 0 Å². The fraction of sp³-hybridized carbons (Fsp3) is 0.412. The van der Waals surface area contributed by atoms with Crippen LogP contribution in [-0.2, 0) is 0 Å². The van der Waals surface area contributed by atoms with Gasteiger partial charge in [0, 0.05) is 29.1 Å². The van der Waals surface area contributed by atoms with Crippen LogP contribution in [-0.4, -0.2) is 28.9 Å². The molecule has 1 amide bonds. The monoisotopic (exact) mass is 344 g/mol. The van der Waals surface area contributed by atoms with Gasteiger partial charge in [0.05, 0.1) is 11.1 Å². The molecule has 2 heterocycles. The van der Waals surface area contributed by atoms with Crippen LogP contribution in [0.3, 0.4) is 0 Å². The first-order chi connectivity index (χ1) is 10.2. The summed E-state index contributed by atoms with van der Waals surface area (Å²) in [6.45, 7) is 1.86. The molecule has 0 radical (unpaired) electrons. The Morgan fingerprint density at radius 2 is 2.00 bits per heavy atom. The number of fused-ring (bicyclic) bond motifs is 2. The molecule has 0 bridgehead atoms. The molecule has 1 aromatic heterocycles. The standard InChI is InChI=1S/C17H17BrN2O/c18-15-6-2-3-11-7-14(8-19-16(11)15)17(21)20-9-12-4-1-5-13(12)10-20/h2-3,6-8,12-13H,1,4-5,9-10H2/t12-,13+. The Hall–Kier alpha value is -1.42. The number of pyridine rings is 1. The van der Waals surface area contributed by atoms with Crippen molar-refractivity contribution in [3.05, 3.63) is 40.5 Å². The summed E-state index contributed by atoms with van der Waals surface area (Å²) in [4.78, 5) is 19.2. The van der Waals surface area contributed by atoms with E-state index in [4.69, 9.17) is 0 Å². The van der Waals surface area contributed by atoms with Crippen LogP contribution in [0.2, 0.25) is 0 Å². The van der Waals surface area contributed by atoms with Crippen LogP contribution in [0.4, 0.5) is 0 Å². The third-order valence-electron chi connectivity index (χ3n) is 4.92. The number of halogens is 1. The number of likely N-dealkylation sites (tertiary alicyclic amines) is 1. The molecule has 2 aliphatic rings. The molecule has 2 atom stereocenters. The number of nitrogens with zero attached hydrogens (tertiary/aromatic N) is 2. The highest BCUT2D eigenvalue weighted by molar-refractivity contribution is 9.10. The van der Waals surface area contributed by atoms with E-state index < -0.39 is 0 Å². The average Bonchev–Trinajstić information content (AvgIpc) is 3.07. The lowest BCUT2D eigenvalue weighted by atomic mass is 10.0. The second kappa shape index (κ2) is 5.09. The topological polar surface area (TPSA) is 33.2 Å². The summed E-state index contributed by atoms with van der Waals surface area (Å²) in [7, 11) is 0. The number of aromatic nitrogens is 1. The molecule has 1 saturated carbocycles. The van der Waals surface area contributed by atoms with Crippen LogP contribution < -0.4 is 0 Å². The zero-order valence-electron chi connectivity index (χ0n) is 11.8. The molecule has 1 aliphatic carbocycles. The van der Waals surface area contributed by atoms with Crippen molar-refractivity contribution in [1.29, 1.82) is 0 Å². The van der Waals surface area contributed by atoms with Crippen molar-refractivity contribution in [2.24, 2.45) is 11.8 Å². The van der Waals surface area contributed by atoms with E-state index in [0.717, 1.165) is 40.3 Å². The van der Waals surface area contributed by atoms with Crippen molar-refractivity contribution in [3.63, 3.8) is 0 Å². The Kier molecular flexibility index (Phi) is 3.21. The molecule has 1 aromatic carbocycles.